The van der Waals surface area contributed by atoms with Crippen LogP contribution in [0.1, 0.15) is 29.5 Å². The van der Waals surface area contributed by atoms with Gasteiger partial charge in [0, 0.05) is 5.69 Å². The molecule has 174 valence electrons. The molecule has 0 aliphatic heterocycles. The molecule has 1 amide bonds. The summed E-state index contributed by atoms with van der Waals surface area (Å²) in [6, 6.07) is 21.1. The topological polar surface area (TPSA) is 108 Å². The van der Waals surface area contributed by atoms with Crippen LogP contribution in [0, 0.1) is 25.2 Å². The Bertz CT molecular complexity index is 1350. The third-order valence-electron chi connectivity index (χ3n) is 5.83. The zero-order valence-corrected chi connectivity index (χ0v) is 19.8. The van der Waals surface area contributed by atoms with Gasteiger partial charge in [-0.1, -0.05) is 24.3 Å². The SMILES string of the molecule is Cc1ccc(C)c(NS(=O)(=O)c2ccc(OCC(=O)Nc3ccc(C4(C#N)CC4)cc3)cc2)c1. The van der Waals surface area contributed by atoms with Crippen LogP contribution in [0.5, 0.6) is 5.75 Å². The standard InChI is InChI=1S/C26H25N3O4S/c1-18-3-4-19(2)24(15-18)29-34(31,32)23-11-9-22(10-12-23)33-16-25(30)28-21-7-5-20(6-8-21)26(17-27)13-14-26/h3-12,15,29H,13-14,16H2,1-2H3,(H,28,30). The number of anilines is 2. The first-order chi connectivity index (χ1) is 16.2. The highest BCUT2D eigenvalue weighted by atomic mass is 32.2. The van der Waals surface area contributed by atoms with Crippen molar-refractivity contribution in [2.24, 2.45) is 0 Å². The van der Waals surface area contributed by atoms with Gasteiger partial charge in [0.15, 0.2) is 6.61 Å². The summed E-state index contributed by atoms with van der Waals surface area (Å²) in [7, 11) is -3.76. The molecule has 0 spiro atoms. The maximum absolute atomic E-state index is 12.7. The summed E-state index contributed by atoms with van der Waals surface area (Å²) < 4.78 is 33.5. The number of hydrogen-bond donors (Lipinski definition) is 2. The van der Waals surface area contributed by atoms with Gasteiger partial charge in [-0.15, -0.1) is 0 Å². The molecular formula is C26H25N3O4S. The third kappa shape index (κ3) is 5.21. The van der Waals surface area contributed by atoms with Crippen LogP contribution in [0.15, 0.2) is 71.6 Å². The highest BCUT2D eigenvalue weighted by Gasteiger charge is 2.44. The van der Waals surface area contributed by atoms with Gasteiger partial charge in [0.25, 0.3) is 15.9 Å². The monoisotopic (exact) mass is 475 g/mol. The number of nitrogens with zero attached hydrogens (tertiary/aromatic N) is 1. The largest absolute Gasteiger partial charge is 0.484 e. The van der Waals surface area contributed by atoms with E-state index in [-0.39, 0.29) is 22.8 Å². The molecule has 3 aromatic rings. The van der Waals surface area contributed by atoms with Crippen LogP contribution in [-0.2, 0) is 20.2 Å². The van der Waals surface area contributed by atoms with Crippen molar-refractivity contribution in [2.45, 2.75) is 37.0 Å². The van der Waals surface area contributed by atoms with E-state index in [1.807, 2.05) is 38.1 Å². The molecule has 0 aromatic heterocycles. The molecule has 0 radical (unpaired) electrons. The number of rotatable bonds is 8. The number of hydrogen-bond acceptors (Lipinski definition) is 5. The maximum Gasteiger partial charge on any atom is 0.262 e. The second-order valence-electron chi connectivity index (χ2n) is 8.50. The molecule has 0 saturated heterocycles. The Morgan fingerprint density at radius 1 is 1.03 bits per heavy atom. The van der Waals surface area contributed by atoms with E-state index >= 15 is 0 Å². The molecule has 1 saturated carbocycles. The summed E-state index contributed by atoms with van der Waals surface area (Å²) in [6.45, 7) is 3.51. The van der Waals surface area contributed by atoms with Crippen LogP contribution in [0.2, 0.25) is 0 Å². The fraction of sp³-hybridized carbons (Fsp3) is 0.231. The van der Waals surface area contributed by atoms with E-state index in [1.165, 1.54) is 24.3 Å². The van der Waals surface area contributed by atoms with Crippen molar-refractivity contribution in [1.29, 1.82) is 5.26 Å². The summed E-state index contributed by atoms with van der Waals surface area (Å²) in [5.74, 6) is 0.0309. The summed E-state index contributed by atoms with van der Waals surface area (Å²) in [5, 5.41) is 12.0. The Morgan fingerprint density at radius 2 is 1.71 bits per heavy atom. The predicted octanol–water partition coefficient (Wildman–Crippen LogP) is 4.68. The second kappa shape index (κ2) is 9.20. The first-order valence-corrected chi connectivity index (χ1v) is 12.3. The number of carbonyl (C=O) groups excluding carboxylic acids is 1. The molecule has 1 fully saturated rings. The maximum atomic E-state index is 12.7. The van der Waals surface area contributed by atoms with Gasteiger partial charge in [-0.05, 0) is 85.8 Å². The van der Waals surface area contributed by atoms with Gasteiger partial charge in [0.05, 0.1) is 22.1 Å². The number of aryl methyl sites for hydroxylation is 2. The van der Waals surface area contributed by atoms with Crippen LogP contribution in [0.3, 0.4) is 0 Å². The first-order valence-electron chi connectivity index (χ1n) is 10.9. The third-order valence-corrected chi connectivity index (χ3v) is 7.21. The van der Waals surface area contributed by atoms with Crippen LogP contribution in [-0.4, -0.2) is 20.9 Å². The second-order valence-corrected chi connectivity index (χ2v) is 10.2. The predicted molar refractivity (Wildman–Crippen MR) is 130 cm³/mol. The summed E-state index contributed by atoms with van der Waals surface area (Å²) in [4.78, 5) is 12.3. The highest BCUT2D eigenvalue weighted by Crippen LogP contribution is 2.47. The van der Waals surface area contributed by atoms with E-state index in [4.69, 9.17) is 4.74 Å². The van der Waals surface area contributed by atoms with Crippen molar-refractivity contribution < 1.29 is 17.9 Å². The first kappa shape index (κ1) is 23.3. The van der Waals surface area contributed by atoms with Gasteiger partial charge in [-0.25, -0.2) is 8.42 Å². The number of sulfonamides is 1. The number of amides is 1. The molecule has 4 rings (SSSR count). The van der Waals surface area contributed by atoms with E-state index in [9.17, 15) is 18.5 Å². The average molecular weight is 476 g/mol. The lowest BCUT2D eigenvalue weighted by Crippen LogP contribution is -2.20. The number of nitrogens with one attached hydrogen (secondary N) is 2. The minimum atomic E-state index is -3.76. The number of ether oxygens (including phenoxy) is 1. The zero-order chi connectivity index (χ0) is 24.3. The fourth-order valence-corrected chi connectivity index (χ4v) is 4.69. The molecule has 0 atom stereocenters. The Hall–Kier alpha value is -3.83. The Balaban J connectivity index is 1.32. The van der Waals surface area contributed by atoms with Crippen LogP contribution >= 0.6 is 0 Å². The lowest BCUT2D eigenvalue weighted by molar-refractivity contribution is -0.118. The molecule has 3 aromatic carbocycles. The molecule has 1 aliphatic rings. The van der Waals surface area contributed by atoms with Crippen molar-refractivity contribution in [2.75, 3.05) is 16.6 Å². The zero-order valence-electron chi connectivity index (χ0n) is 19.0. The number of carbonyl (C=O) groups is 1. The summed E-state index contributed by atoms with van der Waals surface area (Å²) >= 11 is 0. The molecule has 0 heterocycles. The Labute approximate surface area is 199 Å². The number of benzene rings is 3. The van der Waals surface area contributed by atoms with Crippen LogP contribution < -0.4 is 14.8 Å². The van der Waals surface area contributed by atoms with E-state index in [0.29, 0.717) is 17.1 Å². The normalized spacial score (nSPS) is 14.0. The van der Waals surface area contributed by atoms with Crippen molar-refractivity contribution >= 4 is 27.3 Å². The van der Waals surface area contributed by atoms with Gasteiger partial charge in [0.2, 0.25) is 0 Å². The average Bonchev–Trinajstić information content (AvgIpc) is 3.62. The summed E-state index contributed by atoms with van der Waals surface area (Å²) in [5.41, 5.74) is 3.53. The van der Waals surface area contributed by atoms with Crippen molar-refractivity contribution in [1.82, 2.24) is 0 Å². The van der Waals surface area contributed by atoms with E-state index in [0.717, 1.165) is 29.5 Å². The molecule has 1 aliphatic carbocycles. The van der Waals surface area contributed by atoms with E-state index < -0.39 is 10.0 Å². The number of nitriles is 1. The van der Waals surface area contributed by atoms with Crippen molar-refractivity contribution in [3.8, 4) is 11.8 Å². The minimum Gasteiger partial charge on any atom is -0.484 e. The van der Waals surface area contributed by atoms with Gasteiger partial charge in [0.1, 0.15) is 5.75 Å². The quantitative estimate of drug-likeness (QED) is 0.492. The molecule has 8 heteroatoms. The van der Waals surface area contributed by atoms with Crippen LogP contribution in [0.25, 0.3) is 0 Å². The van der Waals surface area contributed by atoms with Gasteiger partial charge in [-0.2, -0.15) is 5.26 Å². The van der Waals surface area contributed by atoms with Crippen molar-refractivity contribution in [3.05, 3.63) is 83.4 Å². The molecule has 7 nitrogen and oxygen atoms in total. The lowest BCUT2D eigenvalue weighted by atomic mass is 9.98. The Morgan fingerprint density at radius 3 is 2.32 bits per heavy atom. The molecule has 0 unspecified atom stereocenters. The summed E-state index contributed by atoms with van der Waals surface area (Å²) in [6.07, 6.45) is 1.73. The molecule has 0 bridgehead atoms. The van der Waals surface area contributed by atoms with Crippen LogP contribution in [0.4, 0.5) is 11.4 Å². The van der Waals surface area contributed by atoms with Gasteiger partial charge < -0.3 is 10.1 Å². The van der Waals surface area contributed by atoms with Crippen molar-refractivity contribution in [3.63, 3.8) is 0 Å². The molecule has 34 heavy (non-hydrogen) atoms. The van der Waals surface area contributed by atoms with E-state index in [1.54, 1.807) is 18.2 Å². The lowest BCUT2D eigenvalue weighted by Gasteiger charge is -2.12. The van der Waals surface area contributed by atoms with Gasteiger partial charge in [-0.3, -0.25) is 9.52 Å². The van der Waals surface area contributed by atoms with Gasteiger partial charge >= 0.3 is 0 Å². The smallest absolute Gasteiger partial charge is 0.262 e. The molecule has 2 N–H and O–H groups in total. The fourth-order valence-electron chi connectivity index (χ4n) is 3.57. The minimum absolute atomic E-state index is 0.0936. The Kier molecular flexibility index (Phi) is 6.31. The highest BCUT2D eigenvalue weighted by molar-refractivity contribution is 7.92. The van der Waals surface area contributed by atoms with E-state index in [2.05, 4.69) is 16.1 Å². The molecular weight excluding hydrogens is 450 g/mol.